The molecule has 0 rings (SSSR count). The molecule has 0 bridgehead atoms. The van der Waals surface area contributed by atoms with Crippen molar-refractivity contribution in [3.05, 3.63) is 12.7 Å². The summed E-state index contributed by atoms with van der Waals surface area (Å²) >= 11 is 0. The van der Waals surface area contributed by atoms with E-state index in [1.165, 1.54) is 6.08 Å². The van der Waals surface area contributed by atoms with E-state index in [4.69, 9.17) is 9.84 Å². The van der Waals surface area contributed by atoms with Gasteiger partial charge in [-0.3, -0.25) is 0 Å². The number of rotatable bonds is 6. The lowest BCUT2D eigenvalue weighted by atomic mass is 10.2. The number of aliphatic hydroxyl groups is 1. The lowest BCUT2D eigenvalue weighted by Crippen LogP contribution is -2.22. The maximum atomic E-state index is 10.9. The number of aliphatic hydroxyl groups excluding tert-OH is 1. The Morgan fingerprint density at radius 3 is 2.92 bits per heavy atom. The van der Waals surface area contributed by atoms with Crippen molar-refractivity contribution >= 4 is 5.97 Å². The van der Waals surface area contributed by atoms with Gasteiger partial charge in [-0.2, -0.15) is 0 Å². The molecule has 0 heterocycles. The molecular weight excluding hydrogens is 156 g/mol. The van der Waals surface area contributed by atoms with Crippen molar-refractivity contribution < 1.29 is 14.6 Å². The number of hydrogen-bond donors (Lipinski definition) is 1. The second kappa shape index (κ2) is 6.85. The Bertz CT molecular complexity index is 143. The zero-order valence-corrected chi connectivity index (χ0v) is 7.45. The van der Waals surface area contributed by atoms with Crippen molar-refractivity contribution in [3.63, 3.8) is 0 Å². The first-order chi connectivity index (χ1) is 5.72. The number of unbranched alkanes of at least 4 members (excludes halogenated alkanes) is 1. The third kappa shape index (κ3) is 4.91. The van der Waals surface area contributed by atoms with Gasteiger partial charge in [0, 0.05) is 6.42 Å². The molecule has 0 saturated carbocycles. The highest BCUT2D eigenvalue weighted by Gasteiger charge is 2.13. The van der Waals surface area contributed by atoms with Crippen LogP contribution in [-0.4, -0.2) is 23.8 Å². The molecular formula is C9H16O3. The summed E-state index contributed by atoms with van der Waals surface area (Å²) in [4.78, 5) is 10.9. The predicted molar refractivity (Wildman–Crippen MR) is 46.7 cm³/mol. The normalized spacial score (nSPS) is 12.2. The molecule has 1 atom stereocenters. The third-order valence-corrected chi connectivity index (χ3v) is 1.40. The van der Waals surface area contributed by atoms with E-state index in [0.717, 1.165) is 12.8 Å². The maximum Gasteiger partial charge on any atom is 0.335 e. The lowest BCUT2D eigenvalue weighted by molar-refractivity contribution is -0.153. The van der Waals surface area contributed by atoms with Crippen LogP contribution in [0.2, 0.25) is 0 Å². The molecule has 0 spiro atoms. The van der Waals surface area contributed by atoms with E-state index in [9.17, 15) is 4.79 Å². The van der Waals surface area contributed by atoms with E-state index in [2.05, 4.69) is 6.58 Å². The average molecular weight is 172 g/mol. The van der Waals surface area contributed by atoms with Crippen LogP contribution in [0.3, 0.4) is 0 Å². The van der Waals surface area contributed by atoms with E-state index >= 15 is 0 Å². The molecule has 3 nitrogen and oxygen atoms in total. The van der Waals surface area contributed by atoms with Gasteiger partial charge in [-0.1, -0.05) is 19.4 Å². The fourth-order valence-corrected chi connectivity index (χ4v) is 0.667. The van der Waals surface area contributed by atoms with E-state index in [0.29, 0.717) is 6.61 Å². The van der Waals surface area contributed by atoms with E-state index in [1.807, 2.05) is 6.92 Å². The van der Waals surface area contributed by atoms with E-state index in [1.54, 1.807) is 0 Å². The number of ether oxygens (including phenoxy) is 1. The van der Waals surface area contributed by atoms with Gasteiger partial charge < -0.3 is 9.84 Å². The Morgan fingerprint density at radius 2 is 2.42 bits per heavy atom. The fraction of sp³-hybridized carbons (Fsp3) is 0.667. The smallest absolute Gasteiger partial charge is 0.335 e. The maximum absolute atomic E-state index is 10.9. The molecule has 0 aliphatic heterocycles. The van der Waals surface area contributed by atoms with Crippen LogP contribution < -0.4 is 0 Å². The number of carbonyl (C=O) groups excluding carboxylic acids is 1. The Labute approximate surface area is 73.0 Å². The van der Waals surface area contributed by atoms with Crippen molar-refractivity contribution in [2.75, 3.05) is 6.61 Å². The number of esters is 1. The summed E-state index contributed by atoms with van der Waals surface area (Å²) < 4.78 is 4.76. The first-order valence-electron chi connectivity index (χ1n) is 4.18. The molecule has 12 heavy (non-hydrogen) atoms. The van der Waals surface area contributed by atoms with Gasteiger partial charge in [0.1, 0.15) is 0 Å². The van der Waals surface area contributed by atoms with Gasteiger partial charge in [-0.25, -0.2) is 4.79 Å². The SMILES string of the molecule is C=CC[C@@H](O)C(=O)OCCCC. The summed E-state index contributed by atoms with van der Waals surface area (Å²) in [5.41, 5.74) is 0. The molecule has 0 aromatic carbocycles. The van der Waals surface area contributed by atoms with Gasteiger partial charge in [-0.05, 0) is 6.42 Å². The minimum Gasteiger partial charge on any atom is -0.464 e. The summed E-state index contributed by atoms with van der Waals surface area (Å²) in [7, 11) is 0. The van der Waals surface area contributed by atoms with Crippen LogP contribution in [0.4, 0.5) is 0 Å². The van der Waals surface area contributed by atoms with Crippen LogP contribution in [0.1, 0.15) is 26.2 Å². The first-order valence-corrected chi connectivity index (χ1v) is 4.18. The van der Waals surface area contributed by atoms with Crippen LogP contribution in [0.15, 0.2) is 12.7 Å². The molecule has 0 radical (unpaired) electrons. The molecule has 0 aliphatic rings. The van der Waals surface area contributed by atoms with Crippen molar-refractivity contribution in [2.45, 2.75) is 32.3 Å². The molecule has 0 saturated heterocycles. The standard InChI is InChI=1S/C9H16O3/c1-3-5-7-12-9(11)8(10)6-4-2/h4,8,10H,2-3,5-7H2,1H3/t8-/m1/s1. The fourth-order valence-electron chi connectivity index (χ4n) is 0.667. The summed E-state index contributed by atoms with van der Waals surface area (Å²) in [6.07, 6.45) is 2.52. The molecule has 0 aromatic rings. The number of hydrogen-bond acceptors (Lipinski definition) is 3. The average Bonchev–Trinajstić information content (AvgIpc) is 2.05. The first kappa shape index (κ1) is 11.2. The van der Waals surface area contributed by atoms with Crippen molar-refractivity contribution in [1.82, 2.24) is 0 Å². The Kier molecular flexibility index (Phi) is 6.38. The molecule has 70 valence electrons. The van der Waals surface area contributed by atoms with Crippen LogP contribution in [0.5, 0.6) is 0 Å². The van der Waals surface area contributed by atoms with Gasteiger partial charge in [0.05, 0.1) is 6.61 Å². The lowest BCUT2D eigenvalue weighted by Gasteiger charge is -2.07. The second-order valence-electron chi connectivity index (χ2n) is 2.56. The summed E-state index contributed by atoms with van der Waals surface area (Å²) in [6, 6.07) is 0. The molecule has 0 amide bonds. The van der Waals surface area contributed by atoms with Gasteiger partial charge in [-0.15, -0.1) is 6.58 Å². The highest BCUT2D eigenvalue weighted by molar-refractivity contribution is 5.74. The quantitative estimate of drug-likeness (QED) is 0.373. The molecule has 0 unspecified atom stereocenters. The van der Waals surface area contributed by atoms with Crippen molar-refractivity contribution in [1.29, 1.82) is 0 Å². The molecule has 0 aromatic heterocycles. The van der Waals surface area contributed by atoms with Crippen molar-refractivity contribution in [3.8, 4) is 0 Å². The minimum atomic E-state index is -1.04. The van der Waals surface area contributed by atoms with Gasteiger partial charge >= 0.3 is 5.97 Å². The van der Waals surface area contributed by atoms with Crippen molar-refractivity contribution in [2.24, 2.45) is 0 Å². The van der Waals surface area contributed by atoms with E-state index in [-0.39, 0.29) is 6.42 Å². The summed E-state index contributed by atoms with van der Waals surface area (Å²) in [6.45, 7) is 5.81. The topological polar surface area (TPSA) is 46.5 Å². The predicted octanol–water partition coefficient (Wildman–Crippen LogP) is 1.27. The summed E-state index contributed by atoms with van der Waals surface area (Å²) in [5, 5.41) is 9.07. The van der Waals surface area contributed by atoms with Crippen LogP contribution in [-0.2, 0) is 9.53 Å². The van der Waals surface area contributed by atoms with E-state index < -0.39 is 12.1 Å². The third-order valence-electron chi connectivity index (χ3n) is 1.40. The van der Waals surface area contributed by atoms with Gasteiger partial charge in [0.2, 0.25) is 0 Å². The molecule has 1 N–H and O–H groups in total. The molecule has 0 fully saturated rings. The highest BCUT2D eigenvalue weighted by Crippen LogP contribution is 1.97. The van der Waals surface area contributed by atoms with Gasteiger partial charge in [0.15, 0.2) is 6.10 Å². The Hall–Kier alpha value is -0.830. The second-order valence-corrected chi connectivity index (χ2v) is 2.56. The molecule has 3 heteroatoms. The monoisotopic (exact) mass is 172 g/mol. The van der Waals surface area contributed by atoms with Gasteiger partial charge in [0.25, 0.3) is 0 Å². The highest BCUT2D eigenvalue weighted by atomic mass is 16.5. The number of carbonyl (C=O) groups is 1. The Balaban J connectivity index is 3.49. The zero-order chi connectivity index (χ0) is 9.40. The molecule has 0 aliphatic carbocycles. The minimum absolute atomic E-state index is 0.255. The van der Waals surface area contributed by atoms with Crippen LogP contribution >= 0.6 is 0 Å². The largest absolute Gasteiger partial charge is 0.464 e. The van der Waals surface area contributed by atoms with Crippen LogP contribution in [0.25, 0.3) is 0 Å². The van der Waals surface area contributed by atoms with Crippen LogP contribution in [0, 0.1) is 0 Å². The summed E-state index contributed by atoms with van der Waals surface area (Å²) in [5.74, 6) is -0.552. The Morgan fingerprint density at radius 1 is 1.75 bits per heavy atom. The zero-order valence-electron chi connectivity index (χ0n) is 7.45.